The zero-order chi connectivity index (χ0) is 21.9. The molecule has 0 saturated heterocycles. The highest BCUT2D eigenvalue weighted by Gasteiger charge is 2.18. The third kappa shape index (κ3) is 6.34. The number of aromatic nitrogens is 1. The van der Waals surface area contributed by atoms with Crippen LogP contribution in [0.1, 0.15) is 23.7 Å². The average molecular weight is 410 g/mol. The Morgan fingerprint density at radius 3 is 2.67 bits per heavy atom. The van der Waals surface area contributed by atoms with Crippen LogP contribution in [0.25, 0.3) is 0 Å². The van der Waals surface area contributed by atoms with Gasteiger partial charge in [-0.15, -0.1) is 0 Å². The largest absolute Gasteiger partial charge is 0.306 e. The van der Waals surface area contributed by atoms with Gasteiger partial charge in [0.05, 0.1) is 21.5 Å². The van der Waals surface area contributed by atoms with E-state index < -0.39 is 15.5 Å². The second-order valence-electron chi connectivity index (χ2n) is 5.73. The van der Waals surface area contributed by atoms with E-state index in [0.717, 1.165) is 17.7 Å². The van der Waals surface area contributed by atoms with Gasteiger partial charge in [0.15, 0.2) is 0 Å². The zero-order valence-corrected chi connectivity index (χ0v) is 15.9. The number of allylic oxidation sites excluding steroid dienone is 3. The van der Waals surface area contributed by atoms with Gasteiger partial charge in [0.25, 0.3) is 11.6 Å². The summed E-state index contributed by atoms with van der Waals surface area (Å²) in [5.41, 5.74) is 5.52. The quantitative estimate of drug-likeness (QED) is 0.278. The number of nitro groups is 2. The minimum atomic E-state index is -0.723. The van der Waals surface area contributed by atoms with Crippen LogP contribution in [0.3, 0.4) is 0 Å². The van der Waals surface area contributed by atoms with Crippen LogP contribution < -0.4 is 10.9 Å². The molecule has 1 aromatic heterocycles. The van der Waals surface area contributed by atoms with Gasteiger partial charge < -0.3 is 5.43 Å². The molecule has 11 heteroatoms. The molecule has 0 bridgehead atoms. The number of hydrazine groups is 1. The number of carbonyl (C=O) groups excluding carboxylic acids is 1. The highest BCUT2D eigenvalue weighted by Crippen LogP contribution is 2.30. The second-order valence-corrected chi connectivity index (χ2v) is 5.73. The van der Waals surface area contributed by atoms with Crippen LogP contribution in [0.2, 0.25) is 0 Å². The third-order valence-corrected chi connectivity index (χ3v) is 3.77. The molecule has 0 radical (unpaired) electrons. The van der Waals surface area contributed by atoms with Gasteiger partial charge in [-0.3, -0.25) is 35.4 Å². The topological polar surface area (TPSA) is 153 Å². The van der Waals surface area contributed by atoms with Crippen molar-refractivity contribution >= 4 is 29.2 Å². The van der Waals surface area contributed by atoms with Gasteiger partial charge >= 0.3 is 5.69 Å². The molecule has 2 N–H and O–H groups in total. The predicted octanol–water partition coefficient (Wildman–Crippen LogP) is 3.39. The summed E-state index contributed by atoms with van der Waals surface area (Å²) in [5, 5.41) is 21.9. The normalized spacial score (nSPS) is 11.6. The Bertz CT molecular complexity index is 1020. The van der Waals surface area contributed by atoms with E-state index >= 15 is 0 Å². The molecule has 1 aromatic carbocycles. The molecule has 0 aliphatic rings. The smallest absolute Gasteiger partial charge is 0.301 e. The fraction of sp³-hybridized carbons (Fsp3) is 0.105. The van der Waals surface area contributed by atoms with E-state index in [1.54, 1.807) is 30.5 Å². The molecular formula is C19H18N6O5. The first kappa shape index (κ1) is 21.9. The Morgan fingerprint density at radius 2 is 2.03 bits per heavy atom. The van der Waals surface area contributed by atoms with Crippen molar-refractivity contribution < 1.29 is 14.6 Å². The van der Waals surface area contributed by atoms with Crippen molar-refractivity contribution in [2.45, 2.75) is 13.3 Å². The number of hydrogen-bond acceptors (Lipinski definition) is 8. The highest BCUT2D eigenvalue weighted by atomic mass is 16.6. The number of rotatable bonds is 9. The average Bonchev–Trinajstić information content (AvgIpc) is 2.75. The molecule has 0 saturated carbocycles. The molecule has 0 fully saturated rings. The molecule has 0 aliphatic heterocycles. The van der Waals surface area contributed by atoms with Crippen LogP contribution in [0.15, 0.2) is 71.6 Å². The second kappa shape index (κ2) is 10.8. The van der Waals surface area contributed by atoms with Gasteiger partial charge in [-0.2, -0.15) is 0 Å². The van der Waals surface area contributed by atoms with Crippen molar-refractivity contribution in [3.8, 4) is 0 Å². The lowest BCUT2D eigenvalue weighted by molar-refractivity contribution is -0.393. The summed E-state index contributed by atoms with van der Waals surface area (Å²) >= 11 is 0. The summed E-state index contributed by atoms with van der Waals surface area (Å²) in [5.74, 6) is -0.346. The maximum absolute atomic E-state index is 11.9. The molecule has 1 heterocycles. The number of non-ortho nitro benzene ring substituents is 1. The fourth-order valence-corrected chi connectivity index (χ4v) is 2.21. The molecule has 0 unspecified atom stereocenters. The fourth-order valence-electron chi connectivity index (χ4n) is 2.21. The molecule has 2 rings (SSSR count). The first-order valence-corrected chi connectivity index (χ1v) is 8.71. The molecule has 2 aromatic rings. The molecule has 30 heavy (non-hydrogen) atoms. The molecule has 0 atom stereocenters. The molecule has 154 valence electrons. The van der Waals surface area contributed by atoms with Crippen LogP contribution in [-0.2, 0) is 0 Å². The lowest BCUT2D eigenvalue weighted by Gasteiger charge is -2.04. The summed E-state index contributed by atoms with van der Waals surface area (Å²) in [4.78, 5) is 40.2. The first-order valence-electron chi connectivity index (χ1n) is 8.71. The minimum Gasteiger partial charge on any atom is -0.306 e. The Morgan fingerprint density at radius 1 is 1.23 bits per heavy atom. The van der Waals surface area contributed by atoms with Crippen molar-refractivity contribution in [1.82, 2.24) is 15.8 Å². The van der Waals surface area contributed by atoms with E-state index in [1.807, 2.05) is 6.92 Å². The van der Waals surface area contributed by atoms with Gasteiger partial charge in [-0.1, -0.05) is 6.92 Å². The number of benzene rings is 1. The number of nitrogens with one attached hydrogen (secondary N) is 2. The lowest BCUT2D eigenvalue weighted by Crippen LogP contribution is -2.33. The van der Waals surface area contributed by atoms with Gasteiger partial charge in [-0.25, -0.2) is 4.99 Å². The van der Waals surface area contributed by atoms with Gasteiger partial charge in [0, 0.05) is 30.9 Å². The molecular weight excluding hydrogens is 392 g/mol. The molecule has 0 spiro atoms. The Labute approximate surface area is 171 Å². The van der Waals surface area contributed by atoms with Crippen LogP contribution in [0.5, 0.6) is 0 Å². The van der Waals surface area contributed by atoms with Crippen LogP contribution in [-0.4, -0.2) is 27.0 Å². The standard InChI is InChI=1S/C19H18N6O5/c1-2-14(8-11-22-23-19(26)15-4-3-9-20-13-15)7-10-21-17-6-5-16(24(27)28)12-18(17)25(29)30/h3-13,22H,2H2,1H3,(H,23,26)/b11-8+,14-7-,21-10?. The number of hydrogen-bond donors (Lipinski definition) is 2. The molecule has 1 amide bonds. The van der Waals surface area contributed by atoms with Crippen LogP contribution >= 0.6 is 0 Å². The molecule has 11 nitrogen and oxygen atoms in total. The van der Waals surface area contributed by atoms with Crippen molar-refractivity contribution in [3.05, 3.63) is 92.4 Å². The number of amides is 1. The third-order valence-electron chi connectivity index (χ3n) is 3.77. The van der Waals surface area contributed by atoms with Crippen LogP contribution in [0, 0.1) is 20.2 Å². The summed E-state index contributed by atoms with van der Waals surface area (Å²) < 4.78 is 0. The summed E-state index contributed by atoms with van der Waals surface area (Å²) in [7, 11) is 0. The van der Waals surface area contributed by atoms with Crippen LogP contribution in [0.4, 0.5) is 17.1 Å². The van der Waals surface area contributed by atoms with E-state index in [9.17, 15) is 25.0 Å². The highest BCUT2D eigenvalue weighted by molar-refractivity contribution is 5.93. The van der Waals surface area contributed by atoms with Crippen molar-refractivity contribution in [3.63, 3.8) is 0 Å². The monoisotopic (exact) mass is 410 g/mol. The maximum Gasteiger partial charge on any atom is 0.301 e. The van der Waals surface area contributed by atoms with Gasteiger partial charge in [-0.05, 0) is 42.3 Å². The summed E-state index contributed by atoms with van der Waals surface area (Å²) in [6, 6.07) is 6.51. The van der Waals surface area contributed by atoms with E-state index in [4.69, 9.17) is 0 Å². The lowest BCUT2D eigenvalue weighted by atomic mass is 10.2. The summed E-state index contributed by atoms with van der Waals surface area (Å²) in [6.45, 7) is 1.90. The number of pyridine rings is 1. The predicted molar refractivity (Wildman–Crippen MR) is 110 cm³/mol. The van der Waals surface area contributed by atoms with Gasteiger partial charge in [0.2, 0.25) is 0 Å². The maximum atomic E-state index is 11.9. The number of aliphatic imine (C=N–C) groups is 1. The van der Waals surface area contributed by atoms with E-state index in [0.29, 0.717) is 12.0 Å². The Hall–Kier alpha value is -4.41. The van der Waals surface area contributed by atoms with Crippen molar-refractivity contribution in [2.24, 2.45) is 4.99 Å². The minimum absolute atomic E-state index is 0.00291. The van der Waals surface area contributed by atoms with Crippen molar-refractivity contribution in [2.75, 3.05) is 0 Å². The van der Waals surface area contributed by atoms with E-state index in [1.165, 1.54) is 24.7 Å². The number of nitrogens with zero attached hydrogens (tertiary/aromatic N) is 4. The van der Waals surface area contributed by atoms with Crippen molar-refractivity contribution in [1.29, 1.82) is 0 Å². The Kier molecular flexibility index (Phi) is 7.88. The van der Waals surface area contributed by atoms with Gasteiger partial charge in [0.1, 0.15) is 5.69 Å². The molecule has 0 aliphatic carbocycles. The summed E-state index contributed by atoms with van der Waals surface area (Å²) in [6.07, 6.45) is 9.84. The number of nitro benzene ring substituents is 2. The van der Waals surface area contributed by atoms with E-state index in [-0.39, 0.29) is 17.3 Å². The number of carbonyl (C=O) groups is 1. The van der Waals surface area contributed by atoms with E-state index in [2.05, 4.69) is 20.8 Å². The Balaban J connectivity index is 2.02. The SMILES string of the molecule is CCC(=C/C=Nc1ccc([N+](=O)[O-])cc1[N+](=O)[O-])/C=C/NNC(=O)c1cccnc1. The zero-order valence-electron chi connectivity index (χ0n) is 15.9. The first-order chi connectivity index (χ1) is 14.4.